The second-order valence-corrected chi connectivity index (χ2v) is 6.04. The monoisotopic (exact) mass is 303 g/mol. The molecule has 1 aliphatic carbocycles. The van der Waals surface area contributed by atoms with Gasteiger partial charge in [-0.1, -0.05) is 6.07 Å². The van der Waals surface area contributed by atoms with Crippen molar-refractivity contribution in [1.29, 1.82) is 0 Å². The van der Waals surface area contributed by atoms with E-state index < -0.39 is 0 Å². The van der Waals surface area contributed by atoms with Gasteiger partial charge < -0.3 is 4.74 Å². The molecule has 110 valence electrons. The normalized spacial score (nSPS) is 14.0. The molecule has 0 spiro atoms. The predicted octanol–water partition coefficient (Wildman–Crippen LogP) is 2.94. The predicted molar refractivity (Wildman–Crippen MR) is 81.6 cm³/mol. The number of aromatic nitrogens is 2. The Morgan fingerprint density at radius 1 is 1.48 bits per heavy atom. The molecule has 2 heterocycles. The molecular weight excluding hydrogens is 286 g/mol. The minimum Gasteiger partial charge on any atom is -0.471 e. The van der Waals surface area contributed by atoms with E-state index in [4.69, 9.17) is 4.74 Å². The first-order valence-corrected chi connectivity index (χ1v) is 7.81. The van der Waals surface area contributed by atoms with Crippen molar-refractivity contribution >= 4 is 22.4 Å². The van der Waals surface area contributed by atoms with Gasteiger partial charge in [-0.15, -0.1) is 11.3 Å². The lowest BCUT2D eigenvalue weighted by molar-refractivity contribution is -0.116. The average molecular weight is 303 g/mol. The van der Waals surface area contributed by atoms with Gasteiger partial charge in [0, 0.05) is 30.6 Å². The van der Waals surface area contributed by atoms with E-state index in [0.717, 1.165) is 29.2 Å². The molecule has 1 amide bonds. The molecule has 1 saturated carbocycles. The molecule has 5 nitrogen and oxygen atoms in total. The Bertz CT molecular complexity index is 635. The zero-order chi connectivity index (χ0) is 14.8. The van der Waals surface area contributed by atoms with Crippen LogP contribution in [-0.2, 0) is 11.4 Å². The number of ether oxygens (including phenoxy) is 1. The van der Waals surface area contributed by atoms with Crippen LogP contribution in [0.25, 0.3) is 0 Å². The summed E-state index contributed by atoms with van der Waals surface area (Å²) in [6.07, 6.45) is 3.91. The molecule has 0 atom stereocenters. The SMILES string of the molecule is CC(=O)N(c1nc(COc2ccc(C)cn2)cs1)C1CC1. The number of carbonyl (C=O) groups excluding carboxylic acids is 1. The lowest BCUT2D eigenvalue weighted by Crippen LogP contribution is -2.30. The Labute approximate surface area is 127 Å². The maximum Gasteiger partial charge on any atom is 0.225 e. The fourth-order valence-electron chi connectivity index (χ4n) is 2.04. The summed E-state index contributed by atoms with van der Waals surface area (Å²) >= 11 is 1.49. The molecule has 6 heteroatoms. The fourth-order valence-corrected chi connectivity index (χ4v) is 2.96. The van der Waals surface area contributed by atoms with Crippen LogP contribution in [-0.4, -0.2) is 21.9 Å². The van der Waals surface area contributed by atoms with E-state index in [0.29, 0.717) is 18.5 Å². The van der Waals surface area contributed by atoms with Gasteiger partial charge in [0.25, 0.3) is 0 Å². The minimum absolute atomic E-state index is 0.0551. The molecule has 1 aliphatic rings. The highest BCUT2D eigenvalue weighted by atomic mass is 32.1. The lowest BCUT2D eigenvalue weighted by Gasteiger charge is -2.16. The molecule has 2 aromatic rings. The number of hydrogen-bond acceptors (Lipinski definition) is 5. The summed E-state index contributed by atoms with van der Waals surface area (Å²) in [7, 11) is 0. The van der Waals surface area contributed by atoms with Gasteiger partial charge in [0.2, 0.25) is 11.8 Å². The maximum absolute atomic E-state index is 11.7. The molecular formula is C15H17N3O2S. The number of amides is 1. The molecule has 0 saturated heterocycles. The molecule has 0 bridgehead atoms. The minimum atomic E-state index is 0.0551. The van der Waals surface area contributed by atoms with Gasteiger partial charge in [0.05, 0.1) is 5.69 Å². The summed E-state index contributed by atoms with van der Waals surface area (Å²) < 4.78 is 5.61. The standard InChI is InChI=1S/C15H17N3O2S/c1-10-3-6-14(16-7-10)20-8-12-9-21-15(17-12)18(11(2)19)13-4-5-13/h3,6-7,9,13H,4-5,8H2,1-2H3. The van der Waals surface area contributed by atoms with E-state index in [-0.39, 0.29) is 5.91 Å². The van der Waals surface area contributed by atoms with Crippen LogP contribution in [0.3, 0.4) is 0 Å². The summed E-state index contributed by atoms with van der Waals surface area (Å²) in [5.74, 6) is 0.639. The summed E-state index contributed by atoms with van der Waals surface area (Å²) in [6.45, 7) is 3.94. The largest absolute Gasteiger partial charge is 0.471 e. The number of nitrogens with zero attached hydrogens (tertiary/aromatic N) is 3. The highest BCUT2D eigenvalue weighted by Gasteiger charge is 2.33. The lowest BCUT2D eigenvalue weighted by atomic mass is 10.3. The molecule has 2 aromatic heterocycles. The number of aryl methyl sites for hydroxylation is 1. The zero-order valence-electron chi connectivity index (χ0n) is 12.1. The van der Waals surface area contributed by atoms with Crippen LogP contribution in [0.1, 0.15) is 31.0 Å². The molecule has 0 N–H and O–H groups in total. The summed E-state index contributed by atoms with van der Waals surface area (Å²) in [5, 5.41) is 2.70. The summed E-state index contributed by atoms with van der Waals surface area (Å²) in [4.78, 5) is 22.2. The van der Waals surface area contributed by atoms with E-state index in [1.54, 1.807) is 18.0 Å². The van der Waals surface area contributed by atoms with Gasteiger partial charge >= 0.3 is 0 Å². The van der Waals surface area contributed by atoms with Gasteiger partial charge in [-0.2, -0.15) is 0 Å². The fraction of sp³-hybridized carbons (Fsp3) is 0.400. The quantitative estimate of drug-likeness (QED) is 0.852. The van der Waals surface area contributed by atoms with Gasteiger partial charge in [-0.25, -0.2) is 9.97 Å². The Morgan fingerprint density at radius 2 is 2.29 bits per heavy atom. The van der Waals surface area contributed by atoms with Crippen LogP contribution in [0.5, 0.6) is 5.88 Å². The van der Waals surface area contributed by atoms with Crippen LogP contribution >= 0.6 is 11.3 Å². The van der Waals surface area contributed by atoms with E-state index in [2.05, 4.69) is 9.97 Å². The first kappa shape index (κ1) is 14.0. The molecule has 21 heavy (non-hydrogen) atoms. The number of hydrogen-bond donors (Lipinski definition) is 0. The van der Waals surface area contributed by atoms with Crippen LogP contribution in [0.15, 0.2) is 23.7 Å². The van der Waals surface area contributed by atoms with Gasteiger partial charge in [0.15, 0.2) is 5.13 Å². The zero-order valence-corrected chi connectivity index (χ0v) is 12.9. The molecule has 3 rings (SSSR count). The van der Waals surface area contributed by atoms with Crippen LogP contribution in [0.4, 0.5) is 5.13 Å². The van der Waals surface area contributed by atoms with Crippen molar-refractivity contribution in [2.75, 3.05) is 4.90 Å². The molecule has 0 unspecified atom stereocenters. The summed E-state index contributed by atoms with van der Waals surface area (Å²) in [6, 6.07) is 4.13. The highest BCUT2D eigenvalue weighted by molar-refractivity contribution is 7.14. The first-order valence-electron chi connectivity index (χ1n) is 6.93. The topological polar surface area (TPSA) is 55.3 Å². The van der Waals surface area contributed by atoms with Crippen molar-refractivity contribution < 1.29 is 9.53 Å². The van der Waals surface area contributed by atoms with Gasteiger partial charge in [0.1, 0.15) is 6.61 Å². The van der Waals surface area contributed by atoms with Crippen molar-refractivity contribution in [3.8, 4) is 5.88 Å². The molecule has 0 aromatic carbocycles. The van der Waals surface area contributed by atoms with Crippen LogP contribution < -0.4 is 9.64 Å². The smallest absolute Gasteiger partial charge is 0.225 e. The van der Waals surface area contributed by atoms with Crippen LogP contribution in [0.2, 0.25) is 0 Å². The number of anilines is 1. The third kappa shape index (κ3) is 3.39. The Balaban J connectivity index is 1.64. The third-order valence-corrected chi connectivity index (χ3v) is 4.14. The molecule has 0 radical (unpaired) electrons. The van der Waals surface area contributed by atoms with E-state index >= 15 is 0 Å². The van der Waals surface area contributed by atoms with Crippen molar-refractivity contribution in [3.05, 3.63) is 35.0 Å². The second kappa shape index (κ2) is 5.81. The second-order valence-electron chi connectivity index (χ2n) is 5.20. The van der Waals surface area contributed by atoms with Crippen molar-refractivity contribution in [2.45, 2.75) is 39.3 Å². The average Bonchev–Trinajstić information content (AvgIpc) is 3.17. The number of rotatable bonds is 5. The Kier molecular flexibility index (Phi) is 3.88. The number of carbonyl (C=O) groups is 1. The number of pyridine rings is 1. The van der Waals surface area contributed by atoms with E-state index in [1.165, 1.54) is 11.3 Å². The molecule has 1 fully saturated rings. The van der Waals surface area contributed by atoms with E-state index in [9.17, 15) is 4.79 Å². The van der Waals surface area contributed by atoms with Crippen LogP contribution in [0, 0.1) is 6.92 Å². The van der Waals surface area contributed by atoms with Crippen molar-refractivity contribution in [3.63, 3.8) is 0 Å². The highest BCUT2D eigenvalue weighted by Crippen LogP contribution is 2.33. The Morgan fingerprint density at radius 3 is 2.90 bits per heavy atom. The van der Waals surface area contributed by atoms with Crippen molar-refractivity contribution in [2.24, 2.45) is 0 Å². The molecule has 0 aliphatic heterocycles. The van der Waals surface area contributed by atoms with Gasteiger partial charge in [-0.05, 0) is 25.3 Å². The third-order valence-electron chi connectivity index (χ3n) is 3.25. The number of thiazole rings is 1. The first-order chi connectivity index (χ1) is 10.1. The maximum atomic E-state index is 11.7. The van der Waals surface area contributed by atoms with Gasteiger partial charge in [-0.3, -0.25) is 9.69 Å². The van der Waals surface area contributed by atoms with Crippen molar-refractivity contribution in [1.82, 2.24) is 9.97 Å². The van der Waals surface area contributed by atoms with E-state index in [1.807, 2.05) is 24.4 Å². The Hall–Kier alpha value is -1.95. The summed E-state index contributed by atoms with van der Waals surface area (Å²) in [5.41, 5.74) is 1.92.